The van der Waals surface area contributed by atoms with Crippen LogP contribution in [0.25, 0.3) is 0 Å². The molecule has 1 aromatic rings. The molecule has 0 unspecified atom stereocenters. The Morgan fingerprint density at radius 2 is 2.00 bits per heavy atom. The lowest BCUT2D eigenvalue weighted by Gasteiger charge is -2.20. The Labute approximate surface area is 121 Å². The topological polar surface area (TPSA) is 37.4 Å². The number of hydrogen-bond acceptors (Lipinski definition) is 5. The zero-order valence-electron chi connectivity index (χ0n) is 13.2. The van der Waals surface area contributed by atoms with E-state index < -0.39 is 0 Å². The number of hydrogen-bond donors (Lipinski definition) is 1. The molecule has 0 aromatic carbocycles. The van der Waals surface area contributed by atoms with E-state index in [1.54, 1.807) is 18.4 Å². The highest BCUT2D eigenvalue weighted by atomic mass is 32.1. The predicted molar refractivity (Wildman–Crippen MR) is 83.0 cm³/mol. The van der Waals surface area contributed by atoms with Gasteiger partial charge in [0.25, 0.3) is 0 Å². The van der Waals surface area contributed by atoms with Crippen molar-refractivity contribution in [1.82, 2.24) is 10.3 Å². The van der Waals surface area contributed by atoms with Crippen molar-refractivity contribution < 1.29 is 4.74 Å². The minimum atomic E-state index is 0.110. The normalized spacial score (nSPS) is 12.2. The standard InChI is InChI=1S/C14H27N3OS/c1-10(2)17(6)13-16-11(9-18-7)12(19-13)8-15-14(3,4)5/h10,15H,8-9H2,1-7H3. The molecule has 4 nitrogen and oxygen atoms in total. The molecule has 0 radical (unpaired) electrons. The molecule has 110 valence electrons. The summed E-state index contributed by atoms with van der Waals surface area (Å²) in [7, 11) is 3.80. The number of methoxy groups -OCH3 is 1. The highest BCUT2D eigenvalue weighted by Crippen LogP contribution is 2.27. The van der Waals surface area contributed by atoms with Crippen LogP contribution in [0.1, 0.15) is 45.2 Å². The molecule has 0 saturated heterocycles. The molecule has 0 spiro atoms. The van der Waals surface area contributed by atoms with Crippen molar-refractivity contribution in [2.24, 2.45) is 0 Å². The number of anilines is 1. The fourth-order valence-electron chi connectivity index (χ4n) is 1.47. The zero-order chi connectivity index (χ0) is 14.6. The van der Waals surface area contributed by atoms with Gasteiger partial charge in [-0.2, -0.15) is 0 Å². The second kappa shape index (κ2) is 6.68. The Kier molecular flexibility index (Phi) is 5.77. The van der Waals surface area contributed by atoms with Crippen LogP contribution in [0.2, 0.25) is 0 Å². The van der Waals surface area contributed by atoms with Crippen LogP contribution in [0.15, 0.2) is 0 Å². The highest BCUT2D eigenvalue weighted by Gasteiger charge is 2.17. The first-order valence-corrected chi connectivity index (χ1v) is 7.51. The van der Waals surface area contributed by atoms with Crippen LogP contribution in [-0.4, -0.2) is 30.7 Å². The van der Waals surface area contributed by atoms with Gasteiger partial charge < -0.3 is 15.0 Å². The van der Waals surface area contributed by atoms with Crippen LogP contribution in [0.5, 0.6) is 0 Å². The second-order valence-corrected chi connectivity index (χ2v) is 7.17. The third-order valence-electron chi connectivity index (χ3n) is 2.90. The summed E-state index contributed by atoms with van der Waals surface area (Å²) in [6.07, 6.45) is 0. The van der Waals surface area contributed by atoms with E-state index in [0.717, 1.165) is 17.4 Å². The lowest BCUT2D eigenvalue weighted by Crippen LogP contribution is -2.35. The highest BCUT2D eigenvalue weighted by molar-refractivity contribution is 7.15. The summed E-state index contributed by atoms with van der Waals surface area (Å²) in [5.41, 5.74) is 1.16. The maximum atomic E-state index is 5.25. The van der Waals surface area contributed by atoms with Crippen LogP contribution in [0.3, 0.4) is 0 Å². The van der Waals surface area contributed by atoms with Gasteiger partial charge in [-0.1, -0.05) is 0 Å². The molecule has 0 atom stereocenters. The molecule has 0 aliphatic rings. The fourth-order valence-corrected chi connectivity index (χ4v) is 2.57. The van der Waals surface area contributed by atoms with Crippen molar-refractivity contribution >= 4 is 16.5 Å². The average Bonchev–Trinajstić information content (AvgIpc) is 2.68. The van der Waals surface area contributed by atoms with Gasteiger partial charge in [-0.05, 0) is 34.6 Å². The summed E-state index contributed by atoms with van der Waals surface area (Å²) in [4.78, 5) is 8.16. The molecule has 0 fully saturated rings. The van der Waals surface area contributed by atoms with Crippen molar-refractivity contribution in [2.75, 3.05) is 19.1 Å². The van der Waals surface area contributed by atoms with E-state index in [4.69, 9.17) is 9.72 Å². The Bertz CT molecular complexity index is 396. The summed E-state index contributed by atoms with van der Waals surface area (Å²) >= 11 is 1.75. The molecule has 1 N–H and O–H groups in total. The molecule has 0 aliphatic heterocycles. The maximum absolute atomic E-state index is 5.25. The lowest BCUT2D eigenvalue weighted by molar-refractivity contribution is 0.181. The van der Waals surface area contributed by atoms with Crippen molar-refractivity contribution in [1.29, 1.82) is 0 Å². The van der Waals surface area contributed by atoms with Crippen LogP contribution < -0.4 is 10.2 Å². The number of nitrogens with zero attached hydrogens (tertiary/aromatic N) is 2. The van der Waals surface area contributed by atoms with Crippen LogP contribution in [0, 0.1) is 0 Å². The molecule has 1 aromatic heterocycles. The van der Waals surface area contributed by atoms with Crippen molar-refractivity contribution in [3.05, 3.63) is 10.6 Å². The van der Waals surface area contributed by atoms with Crippen LogP contribution in [0.4, 0.5) is 5.13 Å². The molecular weight excluding hydrogens is 258 g/mol. The monoisotopic (exact) mass is 285 g/mol. The average molecular weight is 285 g/mol. The second-order valence-electron chi connectivity index (χ2n) is 6.11. The van der Waals surface area contributed by atoms with E-state index >= 15 is 0 Å². The van der Waals surface area contributed by atoms with Crippen LogP contribution >= 0.6 is 11.3 Å². The summed E-state index contributed by atoms with van der Waals surface area (Å²) in [6, 6.07) is 0.449. The fraction of sp³-hybridized carbons (Fsp3) is 0.786. The predicted octanol–water partition coefficient (Wildman–Crippen LogP) is 3.02. The van der Waals surface area contributed by atoms with Crippen molar-refractivity contribution in [2.45, 2.75) is 59.4 Å². The molecule has 0 saturated carbocycles. The third-order valence-corrected chi connectivity index (χ3v) is 4.09. The van der Waals surface area contributed by atoms with Gasteiger partial charge in [0.1, 0.15) is 0 Å². The van der Waals surface area contributed by atoms with Crippen molar-refractivity contribution in [3.8, 4) is 0 Å². The third kappa shape index (κ3) is 5.09. The summed E-state index contributed by atoms with van der Waals surface area (Å²) in [6.45, 7) is 12.3. The summed E-state index contributed by atoms with van der Waals surface area (Å²) in [5, 5.41) is 4.58. The van der Waals surface area contributed by atoms with E-state index in [1.165, 1.54) is 4.88 Å². The van der Waals surface area contributed by atoms with Crippen molar-refractivity contribution in [3.63, 3.8) is 0 Å². The Balaban J connectivity index is 2.88. The van der Waals surface area contributed by atoms with Crippen LogP contribution in [-0.2, 0) is 17.9 Å². The van der Waals surface area contributed by atoms with Gasteiger partial charge in [-0.15, -0.1) is 11.3 Å². The Hall–Kier alpha value is -0.650. The smallest absolute Gasteiger partial charge is 0.185 e. The molecule has 19 heavy (non-hydrogen) atoms. The first-order chi connectivity index (χ1) is 8.74. The van der Waals surface area contributed by atoms with Gasteiger partial charge in [0.15, 0.2) is 5.13 Å². The molecule has 1 heterocycles. The molecule has 0 aliphatic carbocycles. The zero-order valence-corrected chi connectivity index (χ0v) is 14.0. The van der Waals surface area contributed by atoms with Gasteiger partial charge in [-0.25, -0.2) is 4.98 Å². The first kappa shape index (κ1) is 16.4. The number of thiazole rings is 1. The van der Waals surface area contributed by atoms with Gasteiger partial charge in [0.2, 0.25) is 0 Å². The van der Waals surface area contributed by atoms with E-state index in [2.05, 4.69) is 51.9 Å². The van der Waals surface area contributed by atoms with Gasteiger partial charge in [-0.3, -0.25) is 0 Å². The first-order valence-electron chi connectivity index (χ1n) is 6.70. The number of nitrogens with one attached hydrogen (secondary N) is 1. The molecule has 0 amide bonds. The van der Waals surface area contributed by atoms with E-state index in [-0.39, 0.29) is 5.54 Å². The Morgan fingerprint density at radius 3 is 2.47 bits per heavy atom. The van der Waals surface area contributed by atoms with Gasteiger partial charge in [0, 0.05) is 37.2 Å². The summed E-state index contributed by atoms with van der Waals surface area (Å²) in [5.74, 6) is 0. The quantitative estimate of drug-likeness (QED) is 0.872. The van der Waals surface area contributed by atoms with E-state index in [0.29, 0.717) is 12.6 Å². The minimum Gasteiger partial charge on any atom is -0.378 e. The van der Waals surface area contributed by atoms with Gasteiger partial charge in [0.05, 0.1) is 12.3 Å². The molecule has 1 rings (SSSR count). The Morgan fingerprint density at radius 1 is 1.37 bits per heavy atom. The molecular formula is C14H27N3OS. The maximum Gasteiger partial charge on any atom is 0.185 e. The number of rotatable bonds is 6. The number of aromatic nitrogens is 1. The van der Waals surface area contributed by atoms with E-state index in [9.17, 15) is 0 Å². The number of ether oxygens (including phenoxy) is 1. The minimum absolute atomic E-state index is 0.110. The SMILES string of the molecule is COCc1nc(N(C)C(C)C)sc1CNC(C)(C)C. The summed E-state index contributed by atoms with van der Waals surface area (Å²) < 4.78 is 5.25. The van der Waals surface area contributed by atoms with Gasteiger partial charge >= 0.3 is 0 Å². The molecule has 0 bridgehead atoms. The largest absolute Gasteiger partial charge is 0.378 e. The molecule has 5 heteroatoms. The van der Waals surface area contributed by atoms with E-state index in [1.807, 2.05) is 0 Å². The lowest BCUT2D eigenvalue weighted by atomic mass is 10.1.